The first-order valence-corrected chi connectivity index (χ1v) is 9.67. The summed E-state index contributed by atoms with van der Waals surface area (Å²) < 4.78 is 0. The third-order valence-corrected chi connectivity index (χ3v) is 6.20. The summed E-state index contributed by atoms with van der Waals surface area (Å²) in [6.45, 7) is 5.89. The molecule has 1 aromatic heterocycles. The van der Waals surface area contributed by atoms with E-state index in [2.05, 4.69) is 35.0 Å². The Morgan fingerprint density at radius 2 is 2.00 bits per heavy atom. The largest absolute Gasteiger partial charge is 0.390 e. The van der Waals surface area contributed by atoms with Crippen molar-refractivity contribution in [3.8, 4) is 0 Å². The van der Waals surface area contributed by atoms with Gasteiger partial charge in [-0.1, -0.05) is 37.6 Å². The first kappa shape index (κ1) is 17.4. The van der Waals surface area contributed by atoms with Gasteiger partial charge in [-0.25, -0.2) is 9.97 Å². The van der Waals surface area contributed by atoms with Crippen LogP contribution in [0.15, 0.2) is 30.5 Å². The van der Waals surface area contributed by atoms with Crippen LogP contribution in [0, 0.1) is 6.92 Å². The zero-order valence-electron chi connectivity index (χ0n) is 15.7. The van der Waals surface area contributed by atoms with E-state index in [-0.39, 0.29) is 11.5 Å². The molecule has 2 heterocycles. The second-order valence-corrected chi connectivity index (χ2v) is 7.72. The van der Waals surface area contributed by atoms with Crippen molar-refractivity contribution in [1.82, 2.24) is 9.97 Å². The van der Waals surface area contributed by atoms with Crippen molar-refractivity contribution in [2.45, 2.75) is 57.1 Å². The Bertz CT molecular complexity index is 798. The molecule has 0 saturated carbocycles. The molecule has 2 atom stereocenters. The van der Waals surface area contributed by atoms with Gasteiger partial charge in [-0.15, -0.1) is 0 Å². The minimum atomic E-state index is -0.510. The number of aliphatic hydroxyl groups is 1. The lowest BCUT2D eigenvalue weighted by Crippen LogP contribution is -2.49. The van der Waals surface area contributed by atoms with E-state index in [1.807, 2.05) is 19.2 Å². The number of fused-ring (bicyclic) bond motifs is 2. The highest BCUT2D eigenvalue weighted by Gasteiger charge is 2.51. The number of nitrogens with two attached hydrogens (primary N) is 1. The summed E-state index contributed by atoms with van der Waals surface area (Å²) in [5.74, 6) is 1.88. The second kappa shape index (κ2) is 6.63. The van der Waals surface area contributed by atoms with Gasteiger partial charge in [-0.05, 0) is 37.3 Å². The summed E-state index contributed by atoms with van der Waals surface area (Å²) >= 11 is 0. The molecule has 1 aromatic carbocycles. The van der Waals surface area contributed by atoms with Gasteiger partial charge in [-0.2, -0.15) is 0 Å². The Hall–Kier alpha value is -1.98. The molecule has 3 N–H and O–H groups in total. The number of anilines is 1. The molecule has 5 nitrogen and oxygen atoms in total. The van der Waals surface area contributed by atoms with Crippen LogP contribution < -0.4 is 10.6 Å². The number of hydrogen-bond acceptors (Lipinski definition) is 5. The molecule has 1 aliphatic heterocycles. The molecule has 1 aliphatic carbocycles. The summed E-state index contributed by atoms with van der Waals surface area (Å²) in [6, 6.07) is 8.01. The first-order valence-electron chi connectivity index (χ1n) is 9.67. The number of benzene rings is 1. The molecule has 2 aliphatic rings. The average molecular weight is 352 g/mol. The third-order valence-electron chi connectivity index (χ3n) is 6.20. The van der Waals surface area contributed by atoms with Crippen LogP contribution in [0.3, 0.4) is 0 Å². The van der Waals surface area contributed by atoms with Crippen LogP contribution in [0.4, 0.5) is 5.82 Å². The van der Waals surface area contributed by atoms with E-state index in [1.165, 1.54) is 11.1 Å². The highest BCUT2D eigenvalue weighted by atomic mass is 16.3. The van der Waals surface area contributed by atoms with Crippen molar-refractivity contribution in [3.05, 3.63) is 53.0 Å². The fourth-order valence-corrected chi connectivity index (χ4v) is 4.80. The summed E-state index contributed by atoms with van der Waals surface area (Å²) in [7, 11) is 0. The molecular formula is C21H28N4O. The van der Waals surface area contributed by atoms with E-state index in [0.29, 0.717) is 0 Å². The molecule has 5 heteroatoms. The van der Waals surface area contributed by atoms with Crippen LogP contribution in [-0.4, -0.2) is 34.3 Å². The Balaban J connectivity index is 1.62. The van der Waals surface area contributed by atoms with E-state index >= 15 is 0 Å². The molecule has 0 radical (unpaired) electrons. The summed E-state index contributed by atoms with van der Waals surface area (Å²) in [4.78, 5) is 11.5. The van der Waals surface area contributed by atoms with Gasteiger partial charge in [0, 0.05) is 30.3 Å². The minimum Gasteiger partial charge on any atom is -0.390 e. The van der Waals surface area contributed by atoms with Gasteiger partial charge in [0.15, 0.2) is 0 Å². The molecule has 2 aromatic rings. The standard InChI is InChI=1S/C21H28N4O/c1-3-6-15-13-23-14(2)24-20(15)25-11-9-21(10-12-25)17-8-5-4-7-16(17)18(22)19(21)26/h4-5,7-8,13,18-19,26H,3,6,9-12,22H2,1-2H3/t18-,19+/m1/s1. The minimum absolute atomic E-state index is 0.223. The van der Waals surface area contributed by atoms with Crippen molar-refractivity contribution < 1.29 is 5.11 Å². The highest BCUT2D eigenvalue weighted by Crippen LogP contribution is 2.50. The molecule has 0 amide bonds. The molecular weight excluding hydrogens is 324 g/mol. The quantitative estimate of drug-likeness (QED) is 0.888. The van der Waals surface area contributed by atoms with Crippen molar-refractivity contribution in [3.63, 3.8) is 0 Å². The SMILES string of the molecule is CCCc1cnc(C)nc1N1CCC2(CC1)c1ccccc1[C@@H](N)[C@@H]2O. The van der Waals surface area contributed by atoms with Crippen LogP contribution in [0.1, 0.15) is 54.7 Å². The average Bonchev–Trinajstić information content (AvgIpc) is 2.87. The monoisotopic (exact) mass is 352 g/mol. The number of hydrogen-bond donors (Lipinski definition) is 2. The lowest BCUT2D eigenvalue weighted by molar-refractivity contribution is 0.0582. The Kier molecular flexibility index (Phi) is 4.45. The van der Waals surface area contributed by atoms with Gasteiger partial charge in [0.2, 0.25) is 0 Å². The maximum Gasteiger partial charge on any atom is 0.135 e. The van der Waals surface area contributed by atoms with Gasteiger partial charge < -0.3 is 15.7 Å². The van der Waals surface area contributed by atoms with Crippen LogP contribution in [0.5, 0.6) is 0 Å². The van der Waals surface area contributed by atoms with Crippen molar-refractivity contribution in [1.29, 1.82) is 0 Å². The zero-order chi connectivity index (χ0) is 18.3. The van der Waals surface area contributed by atoms with Crippen LogP contribution in [0.2, 0.25) is 0 Å². The van der Waals surface area contributed by atoms with E-state index in [1.54, 1.807) is 0 Å². The third kappa shape index (κ3) is 2.61. The molecule has 0 bridgehead atoms. The number of aryl methyl sites for hydroxylation is 2. The fraction of sp³-hybridized carbons (Fsp3) is 0.524. The molecule has 4 rings (SSSR count). The first-order chi connectivity index (χ1) is 12.6. The lowest BCUT2D eigenvalue weighted by Gasteiger charge is -2.43. The van der Waals surface area contributed by atoms with Crippen LogP contribution >= 0.6 is 0 Å². The van der Waals surface area contributed by atoms with E-state index in [9.17, 15) is 5.11 Å². The lowest BCUT2D eigenvalue weighted by atomic mass is 9.72. The van der Waals surface area contributed by atoms with Gasteiger partial charge >= 0.3 is 0 Å². The number of aliphatic hydroxyl groups excluding tert-OH is 1. The number of aromatic nitrogens is 2. The number of nitrogens with zero attached hydrogens (tertiary/aromatic N) is 3. The molecule has 1 fully saturated rings. The topological polar surface area (TPSA) is 75.3 Å². The van der Waals surface area contributed by atoms with Crippen molar-refractivity contribution in [2.24, 2.45) is 5.73 Å². The predicted molar refractivity (Wildman–Crippen MR) is 103 cm³/mol. The predicted octanol–water partition coefficient (Wildman–Crippen LogP) is 2.65. The number of rotatable bonds is 3. The molecule has 0 unspecified atom stereocenters. The molecule has 1 saturated heterocycles. The van der Waals surface area contributed by atoms with Gasteiger partial charge in [0.05, 0.1) is 12.1 Å². The van der Waals surface area contributed by atoms with E-state index < -0.39 is 6.10 Å². The number of piperidine rings is 1. The van der Waals surface area contributed by atoms with Crippen LogP contribution in [0.25, 0.3) is 0 Å². The Morgan fingerprint density at radius 3 is 2.73 bits per heavy atom. The van der Waals surface area contributed by atoms with E-state index in [4.69, 9.17) is 10.7 Å². The summed E-state index contributed by atoms with van der Waals surface area (Å²) in [5, 5.41) is 11.0. The summed E-state index contributed by atoms with van der Waals surface area (Å²) in [5.41, 5.74) is 9.69. The molecule has 138 valence electrons. The smallest absolute Gasteiger partial charge is 0.135 e. The Labute approximate surface area is 155 Å². The Morgan fingerprint density at radius 1 is 1.27 bits per heavy atom. The van der Waals surface area contributed by atoms with Crippen molar-refractivity contribution in [2.75, 3.05) is 18.0 Å². The maximum absolute atomic E-state index is 11.0. The normalized spacial score (nSPS) is 24.1. The second-order valence-electron chi connectivity index (χ2n) is 7.72. The van der Waals surface area contributed by atoms with Gasteiger partial charge in [0.25, 0.3) is 0 Å². The van der Waals surface area contributed by atoms with E-state index in [0.717, 1.165) is 56.0 Å². The van der Waals surface area contributed by atoms with Crippen LogP contribution in [-0.2, 0) is 11.8 Å². The van der Waals surface area contributed by atoms with Crippen molar-refractivity contribution >= 4 is 5.82 Å². The van der Waals surface area contributed by atoms with Gasteiger partial charge in [-0.3, -0.25) is 0 Å². The molecule has 26 heavy (non-hydrogen) atoms. The zero-order valence-corrected chi connectivity index (χ0v) is 15.7. The molecule has 1 spiro atoms. The summed E-state index contributed by atoms with van der Waals surface area (Å²) in [6.07, 6.45) is 5.33. The highest BCUT2D eigenvalue weighted by molar-refractivity contribution is 5.50. The fourth-order valence-electron chi connectivity index (χ4n) is 4.80. The van der Waals surface area contributed by atoms with Gasteiger partial charge in [0.1, 0.15) is 11.6 Å². The maximum atomic E-state index is 11.0.